The zero-order valence-electron chi connectivity index (χ0n) is 17.2. The van der Waals surface area contributed by atoms with E-state index in [-0.39, 0.29) is 56.0 Å². The number of amides is 2. The molecule has 1 heterocycles. The van der Waals surface area contributed by atoms with Gasteiger partial charge in [0.25, 0.3) is 0 Å². The summed E-state index contributed by atoms with van der Waals surface area (Å²) in [5, 5.41) is 0. The van der Waals surface area contributed by atoms with Crippen LogP contribution < -0.4 is 0 Å². The van der Waals surface area contributed by atoms with Gasteiger partial charge in [0.2, 0.25) is 21.8 Å². The maximum absolute atomic E-state index is 13.9. The van der Waals surface area contributed by atoms with E-state index in [0.29, 0.717) is 6.54 Å². The van der Waals surface area contributed by atoms with E-state index >= 15 is 0 Å². The molecular formula is C19H29FN4O4S. The number of benzene rings is 1. The monoisotopic (exact) mass is 428 g/mol. The minimum Gasteiger partial charge on any atom is -0.348 e. The van der Waals surface area contributed by atoms with Gasteiger partial charge < -0.3 is 9.80 Å². The van der Waals surface area contributed by atoms with Crippen LogP contribution in [0.1, 0.15) is 13.3 Å². The largest absolute Gasteiger partial charge is 0.348 e. The molecule has 29 heavy (non-hydrogen) atoms. The van der Waals surface area contributed by atoms with Gasteiger partial charge in [-0.05, 0) is 25.1 Å². The Kier molecular flexibility index (Phi) is 8.12. The fraction of sp³-hybridized carbons (Fsp3) is 0.579. The fourth-order valence-electron chi connectivity index (χ4n) is 3.13. The lowest BCUT2D eigenvalue weighted by Gasteiger charge is -2.35. The summed E-state index contributed by atoms with van der Waals surface area (Å²) in [6, 6.07) is 5.28. The summed E-state index contributed by atoms with van der Waals surface area (Å²) >= 11 is 0. The first-order valence-electron chi connectivity index (χ1n) is 9.61. The number of halogens is 1. The van der Waals surface area contributed by atoms with Gasteiger partial charge in [-0.15, -0.1) is 0 Å². The highest BCUT2D eigenvalue weighted by Crippen LogP contribution is 2.20. The van der Waals surface area contributed by atoms with Crippen LogP contribution in [0.5, 0.6) is 0 Å². The second-order valence-electron chi connectivity index (χ2n) is 7.21. The van der Waals surface area contributed by atoms with E-state index in [4.69, 9.17) is 0 Å². The quantitative estimate of drug-likeness (QED) is 0.601. The summed E-state index contributed by atoms with van der Waals surface area (Å²) < 4.78 is 40.4. The second kappa shape index (κ2) is 10.1. The molecule has 10 heteroatoms. The lowest BCUT2D eigenvalue weighted by atomic mass is 10.3. The number of carbonyl (C=O) groups excluding carboxylic acids is 2. The second-order valence-corrected chi connectivity index (χ2v) is 9.12. The van der Waals surface area contributed by atoms with Crippen molar-refractivity contribution >= 4 is 21.8 Å². The normalized spacial score (nSPS) is 15.6. The summed E-state index contributed by atoms with van der Waals surface area (Å²) in [6.45, 7) is 3.53. The molecule has 0 radical (unpaired) electrons. The lowest BCUT2D eigenvalue weighted by Crippen LogP contribution is -2.53. The first-order valence-corrected chi connectivity index (χ1v) is 11.1. The first kappa shape index (κ1) is 23.2. The molecule has 0 spiro atoms. The van der Waals surface area contributed by atoms with Gasteiger partial charge in [0, 0.05) is 40.3 Å². The van der Waals surface area contributed by atoms with Gasteiger partial charge >= 0.3 is 0 Å². The average Bonchev–Trinajstić information content (AvgIpc) is 2.68. The number of rotatable bonds is 8. The van der Waals surface area contributed by atoms with Gasteiger partial charge in [0.15, 0.2) is 0 Å². The summed E-state index contributed by atoms with van der Waals surface area (Å²) in [6.07, 6.45) is 0.808. The number of hydrogen-bond donors (Lipinski definition) is 0. The first-order chi connectivity index (χ1) is 13.7. The van der Waals surface area contributed by atoms with Gasteiger partial charge in [-0.3, -0.25) is 14.5 Å². The van der Waals surface area contributed by atoms with Crippen LogP contribution in [0.3, 0.4) is 0 Å². The molecule has 162 valence electrons. The number of carbonyl (C=O) groups is 2. The Morgan fingerprint density at radius 2 is 1.69 bits per heavy atom. The van der Waals surface area contributed by atoms with Crippen molar-refractivity contribution in [1.29, 1.82) is 0 Å². The van der Waals surface area contributed by atoms with Gasteiger partial charge in [-0.2, -0.15) is 4.31 Å². The summed E-state index contributed by atoms with van der Waals surface area (Å²) in [4.78, 5) is 29.1. The fourth-order valence-corrected chi connectivity index (χ4v) is 4.61. The molecule has 1 aliphatic heterocycles. The van der Waals surface area contributed by atoms with E-state index in [9.17, 15) is 22.4 Å². The number of sulfonamides is 1. The Morgan fingerprint density at radius 1 is 1.07 bits per heavy atom. The highest BCUT2D eigenvalue weighted by molar-refractivity contribution is 7.89. The van der Waals surface area contributed by atoms with E-state index in [1.165, 1.54) is 27.4 Å². The maximum Gasteiger partial charge on any atom is 0.246 e. The molecule has 0 aromatic heterocycles. The molecule has 1 aliphatic rings. The molecule has 0 unspecified atom stereocenters. The molecule has 1 aromatic carbocycles. The van der Waals surface area contributed by atoms with Crippen molar-refractivity contribution < 1.29 is 22.4 Å². The van der Waals surface area contributed by atoms with Crippen molar-refractivity contribution in [2.75, 3.05) is 59.9 Å². The predicted molar refractivity (Wildman–Crippen MR) is 107 cm³/mol. The number of hydrogen-bond acceptors (Lipinski definition) is 5. The van der Waals surface area contributed by atoms with Crippen molar-refractivity contribution in [3.8, 4) is 0 Å². The third-order valence-electron chi connectivity index (χ3n) is 4.80. The van der Waals surface area contributed by atoms with Crippen LogP contribution >= 0.6 is 0 Å². The van der Waals surface area contributed by atoms with E-state index in [0.717, 1.165) is 12.5 Å². The Balaban J connectivity index is 1.96. The van der Waals surface area contributed by atoms with Crippen LogP contribution in [0.15, 0.2) is 29.2 Å². The van der Waals surface area contributed by atoms with E-state index in [1.807, 2.05) is 6.92 Å². The molecule has 0 atom stereocenters. The molecule has 0 saturated carbocycles. The van der Waals surface area contributed by atoms with Crippen LogP contribution in [-0.2, 0) is 19.6 Å². The molecule has 2 amide bonds. The highest BCUT2D eigenvalue weighted by atomic mass is 32.2. The van der Waals surface area contributed by atoms with Crippen molar-refractivity contribution in [3.63, 3.8) is 0 Å². The number of piperazine rings is 1. The third-order valence-corrected chi connectivity index (χ3v) is 6.73. The molecule has 8 nitrogen and oxygen atoms in total. The van der Waals surface area contributed by atoms with Gasteiger partial charge in [-0.1, -0.05) is 19.1 Å². The van der Waals surface area contributed by atoms with E-state index < -0.39 is 15.8 Å². The Bertz CT molecular complexity index is 823. The average molecular weight is 429 g/mol. The maximum atomic E-state index is 13.9. The van der Waals surface area contributed by atoms with Crippen molar-refractivity contribution in [1.82, 2.24) is 19.0 Å². The van der Waals surface area contributed by atoms with Crippen LogP contribution in [-0.4, -0.2) is 99.1 Å². The third kappa shape index (κ3) is 5.97. The molecule has 0 bridgehead atoms. The smallest absolute Gasteiger partial charge is 0.246 e. The zero-order chi connectivity index (χ0) is 21.6. The Labute approximate surface area is 171 Å². The lowest BCUT2D eigenvalue weighted by molar-refractivity contribution is -0.135. The molecule has 1 saturated heterocycles. The summed E-state index contributed by atoms with van der Waals surface area (Å²) in [7, 11) is -0.599. The van der Waals surface area contributed by atoms with E-state index in [1.54, 1.807) is 23.9 Å². The summed E-state index contributed by atoms with van der Waals surface area (Å²) in [5.74, 6) is -1.01. The topological polar surface area (TPSA) is 81.2 Å². The molecular weight excluding hydrogens is 399 g/mol. The van der Waals surface area contributed by atoms with Crippen LogP contribution in [0, 0.1) is 5.82 Å². The van der Waals surface area contributed by atoms with Crippen molar-refractivity contribution in [2.24, 2.45) is 0 Å². The van der Waals surface area contributed by atoms with Gasteiger partial charge in [0.1, 0.15) is 10.7 Å². The summed E-state index contributed by atoms with van der Waals surface area (Å²) in [5.41, 5.74) is 0. The van der Waals surface area contributed by atoms with Crippen molar-refractivity contribution in [3.05, 3.63) is 30.1 Å². The number of likely N-dealkylation sites (N-methyl/N-ethyl adjacent to an activating group) is 1. The predicted octanol–water partition coefficient (Wildman–Crippen LogP) is 0.459. The molecule has 0 N–H and O–H groups in total. The Morgan fingerprint density at radius 3 is 2.24 bits per heavy atom. The SMILES string of the molecule is CCCN(CC(=O)N(C)C)CC(=O)N1CCN(S(=O)(=O)c2ccccc2F)CC1. The minimum atomic E-state index is -3.94. The molecule has 2 rings (SSSR count). The van der Waals surface area contributed by atoms with Crippen molar-refractivity contribution in [2.45, 2.75) is 18.2 Å². The van der Waals surface area contributed by atoms with Gasteiger partial charge in [-0.25, -0.2) is 12.8 Å². The highest BCUT2D eigenvalue weighted by Gasteiger charge is 2.32. The van der Waals surface area contributed by atoms with Gasteiger partial charge in [0.05, 0.1) is 13.1 Å². The number of nitrogens with zero attached hydrogens (tertiary/aromatic N) is 4. The molecule has 1 aromatic rings. The van der Waals surface area contributed by atoms with Crippen LogP contribution in [0.25, 0.3) is 0 Å². The standard InChI is InChI=1S/C19H29FN4O4S/c1-4-9-22(14-18(25)21(2)3)15-19(26)23-10-12-24(13-11-23)29(27,28)17-8-6-5-7-16(17)20/h5-8H,4,9-15H2,1-3H3. The zero-order valence-corrected chi connectivity index (χ0v) is 18.0. The Hall–Kier alpha value is -2.04. The van der Waals surface area contributed by atoms with Crippen LogP contribution in [0.2, 0.25) is 0 Å². The van der Waals surface area contributed by atoms with E-state index in [2.05, 4.69) is 0 Å². The molecule has 1 fully saturated rings. The molecule has 0 aliphatic carbocycles. The van der Waals surface area contributed by atoms with Crippen LogP contribution in [0.4, 0.5) is 4.39 Å². The minimum absolute atomic E-state index is 0.0768.